The Morgan fingerprint density at radius 1 is 1.27 bits per heavy atom. The Hall–Kier alpha value is -2.34. The highest BCUT2D eigenvalue weighted by Crippen LogP contribution is 2.42. The van der Waals surface area contributed by atoms with E-state index in [9.17, 15) is 0 Å². The van der Waals surface area contributed by atoms with Crippen LogP contribution in [0, 0.1) is 11.6 Å². The maximum atomic E-state index is 15.9. The van der Waals surface area contributed by atoms with Gasteiger partial charge in [0.25, 0.3) is 0 Å². The lowest BCUT2D eigenvalue weighted by molar-refractivity contribution is 0.000460. The third-order valence-corrected chi connectivity index (χ3v) is 5.67. The van der Waals surface area contributed by atoms with Crippen molar-refractivity contribution >= 4 is 23.0 Å². The van der Waals surface area contributed by atoms with E-state index in [1.54, 1.807) is 18.4 Å². The van der Waals surface area contributed by atoms with Crippen molar-refractivity contribution in [1.29, 1.82) is 0 Å². The Morgan fingerprint density at radius 2 is 2.00 bits per heavy atom. The van der Waals surface area contributed by atoms with Gasteiger partial charge in [-0.15, -0.1) is 0 Å². The normalized spacial score (nSPS) is 25.7. The minimum Gasteiger partial charge on any atom is -0.390 e. The second kappa shape index (κ2) is 7.12. The molecular formula is C23H26ClF2N3O. The molecule has 1 aromatic rings. The molecule has 0 amide bonds. The monoisotopic (exact) mass is 433 g/mol. The third-order valence-electron chi connectivity index (χ3n) is 5.34. The van der Waals surface area contributed by atoms with Crippen LogP contribution < -0.4 is 10.6 Å². The summed E-state index contributed by atoms with van der Waals surface area (Å²) in [6.07, 6.45) is 7.56. The van der Waals surface area contributed by atoms with E-state index in [2.05, 4.69) is 15.8 Å². The molecule has 0 radical (unpaired) electrons. The van der Waals surface area contributed by atoms with E-state index in [0.717, 1.165) is 5.57 Å². The zero-order valence-electron chi connectivity index (χ0n) is 17.7. The molecule has 7 heteroatoms. The highest BCUT2D eigenvalue weighted by molar-refractivity contribution is 6.32. The van der Waals surface area contributed by atoms with Crippen molar-refractivity contribution in [2.75, 3.05) is 5.32 Å². The number of halogens is 3. The molecule has 0 aromatic heterocycles. The quantitative estimate of drug-likeness (QED) is 0.587. The van der Waals surface area contributed by atoms with E-state index in [1.807, 2.05) is 40.7 Å². The van der Waals surface area contributed by atoms with Crippen LogP contribution in [0.25, 0.3) is 0 Å². The van der Waals surface area contributed by atoms with Gasteiger partial charge in [-0.2, -0.15) is 0 Å². The molecule has 4 rings (SSSR count). The van der Waals surface area contributed by atoms with Gasteiger partial charge in [-0.1, -0.05) is 35.0 Å². The van der Waals surface area contributed by atoms with Crippen molar-refractivity contribution in [1.82, 2.24) is 5.32 Å². The van der Waals surface area contributed by atoms with E-state index in [4.69, 9.17) is 16.4 Å². The molecule has 3 aliphatic rings. The number of oxime groups is 1. The van der Waals surface area contributed by atoms with Crippen LogP contribution in [-0.4, -0.2) is 22.9 Å². The summed E-state index contributed by atoms with van der Waals surface area (Å²) in [6, 6.07) is 1.04. The number of hydrogen-bond donors (Lipinski definition) is 2. The lowest BCUT2D eigenvalue weighted by Crippen LogP contribution is -2.40. The van der Waals surface area contributed by atoms with E-state index < -0.39 is 28.7 Å². The summed E-state index contributed by atoms with van der Waals surface area (Å²) in [4.78, 5) is 5.61. The Morgan fingerprint density at radius 3 is 2.70 bits per heavy atom. The van der Waals surface area contributed by atoms with E-state index >= 15 is 8.78 Å². The fraction of sp³-hybridized carbons (Fsp3) is 0.435. The largest absolute Gasteiger partial charge is 0.390 e. The van der Waals surface area contributed by atoms with E-state index in [1.165, 1.54) is 6.07 Å². The third kappa shape index (κ3) is 3.73. The van der Waals surface area contributed by atoms with Crippen molar-refractivity contribution in [2.24, 2.45) is 5.16 Å². The first-order valence-corrected chi connectivity index (χ1v) is 10.4. The van der Waals surface area contributed by atoms with Crippen LogP contribution in [0.5, 0.6) is 0 Å². The van der Waals surface area contributed by atoms with Gasteiger partial charge in [-0.3, -0.25) is 0 Å². The van der Waals surface area contributed by atoms with Gasteiger partial charge in [0, 0.05) is 35.3 Å². The first-order chi connectivity index (χ1) is 14.0. The zero-order valence-corrected chi connectivity index (χ0v) is 18.5. The topological polar surface area (TPSA) is 45.6 Å². The summed E-state index contributed by atoms with van der Waals surface area (Å²) in [5.41, 5.74) is 0.988. The van der Waals surface area contributed by atoms with Gasteiger partial charge in [0.15, 0.2) is 0 Å². The van der Waals surface area contributed by atoms with Crippen molar-refractivity contribution < 1.29 is 13.6 Å². The Bertz CT molecular complexity index is 1020. The summed E-state index contributed by atoms with van der Waals surface area (Å²) in [6.45, 7) is 9.55. The molecule has 1 aromatic carbocycles. The first kappa shape index (κ1) is 20.9. The van der Waals surface area contributed by atoms with Gasteiger partial charge in [-0.05, 0) is 46.3 Å². The Labute approximate surface area is 180 Å². The lowest BCUT2D eigenvalue weighted by Gasteiger charge is -2.36. The molecule has 2 heterocycles. The number of nitrogens with zero attached hydrogens (tertiary/aromatic N) is 1. The lowest BCUT2D eigenvalue weighted by atomic mass is 9.80. The minimum absolute atomic E-state index is 0.00201. The number of benzene rings is 1. The number of anilines is 1. The maximum absolute atomic E-state index is 15.9. The van der Waals surface area contributed by atoms with Crippen LogP contribution in [0.4, 0.5) is 14.5 Å². The molecular weight excluding hydrogens is 408 g/mol. The van der Waals surface area contributed by atoms with Crippen LogP contribution in [0.15, 0.2) is 46.3 Å². The molecule has 4 nitrogen and oxygen atoms in total. The van der Waals surface area contributed by atoms with Gasteiger partial charge in [0.2, 0.25) is 0 Å². The van der Waals surface area contributed by atoms with Crippen molar-refractivity contribution in [2.45, 2.75) is 64.1 Å². The van der Waals surface area contributed by atoms with Crippen LogP contribution >= 0.6 is 11.6 Å². The summed E-state index contributed by atoms with van der Waals surface area (Å²) < 4.78 is 31.2. The molecule has 160 valence electrons. The van der Waals surface area contributed by atoms with Crippen LogP contribution in [-0.2, 0) is 4.84 Å². The Balaban J connectivity index is 1.83. The smallest absolute Gasteiger partial charge is 0.141 e. The number of hydrogen-bond acceptors (Lipinski definition) is 4. The fourth-order valence-electron chi connectivity index (χ4n) is 4.12. The maximum Gasteiger partial charge on any atom is 0.141 e. The summed E-state index contributed by atoms with van der Waals surface area (Å²) in [7, 11) is 0. The van der Waals surface area contributed by atoms with Gasteiger partial charge in [0.05, 0.1) is 22.3 Å². The molecule has 2 N–H and O–H groups in total. The van der Waals surface area contributed by atoms with Crippen LogP contribution in [0.2, 0.25) is 0 Å². The van der Waals surface area contributed by atoms with Gasteiger partial charge in [-0.25, -0.2) is 8.78 Å². The predicted octanol–water partition coefficient (Wildman–Crippen LogP) is 5.71. The molecule has 2 unspecified atom stereocenters. The molecule has 1 aliphatic carbocycles. The molecule has 0 bridgehead atoms. The van der Waals surface area contributed by atoms with Crippen molar-refractivity contribution in [3.05, 3.63) is 63.9 Å². The first-order valence-electron chi connectivity index (χ1n) is 10.0. The number of nitrogens with one attached hydrogen (secondary N) is 2. The van der Waals surface area contributed by atoms with Crippen molar-refractivity contribution in [3.63, 3.8) is 0 Å². The second-order valence-corrected chi connectivity index (χ2v) is 10.0. The van der Waals surface area contributed by atoms with Crippen LogP contribution in [0.3, 0.4) is 0 Å². The summed E-state index contributed by atoms with van der Waals surface area (Å²) in [5.74, 6) is -1.76. The van der Waals surface area contributed by atoms with Gasteiger partial charge in [0.1, 0.15) is 17.2 Å². The molecule has 2 aliphatic heterocycles. The number of fused-ring (bicyclic) bond motifs is 2. The van der Waals surface area contributed by atoms with Crippen LogP contribution in [0.1, 0.15) is 58.1 Å². The number of rotatable bonds is 2. The fourth-order valence-corrected chi connectivity index (χ4v) is 4.37. The zero-order chi connectivity index (χ0) is 21.8. The SMILES string of the molecule is CC1(C)C/C(=N\OC(C)(C)C)c2c(cc(F)c(C3C=CC=C4C(Cl)=CNC43)c2F)N1. The highest BCUT2D eigenvalue weighted by Gasteiger charge is 2.39. The second-order valence-electron chi connectivity index (χ2n) is 9.61. The predicted molar refractivity (Wildman–Crippen MR) is 117 cm³/mol. The van der Waals surface area contributed by atoms with Gasteiger partial charge >= 0.3 is 0 Å². The molecule has 0 saturated carbocycles. The van der Waals surface area contributed by atoms with Crippen molar-refractivity contribution in [3.8, 4) is 0 Å². The molecule has 30 heavy (non-hydrogen) atoms. The number of allylic oxidation sites excluding steroid dienone is 2. The minimum atomic E-state index is -0.620. The summed E-state index contributed by atoms with van der Waals surface area (Å²) in [5, 5.41) is 11.2. The molecule has 2 atom stereocenters. The molecule has 0 saturated heterocycles. The average Bonchev–Trinajstić information content (AvgIpc) is 3.00. The molecule has 0 spiro atoms. The highest BCUT2D eigenvalue weighted by atomic mass is 35.5. The average molecular weight is 434 g/mol. The summed E-state index contributed by atoms with van der Waals surface area (Å²) >= 11 is 6.24. The van der Waals surface area contributed by atoms with E-state index in [-0.39, 0.29) is 17.2 Å². The standard InChI is InChI=1S/C23H26ClF2N3O/c1-22(2,3)30-29-17-10-23(4,5)28-16-9-15(25)18(20(26)19(16)17)13-8-6-7-12-14(24)11-27-21(12)13/h6-9,11,13,21,27-28H,10H2,1-5H3/b29-17+. The van der Waals surface area contributed by atoms with Gasteiger partial charge < -0.3 is 15.5 Å². The molecule has 0 fully saturated rings. The van der Waals surface area contributed by atoms with E-state index in [0.29, 0.717) is 22.9 Å². The Kier molecular flexibility index (Phi) is 4.96.